The first-order valence-electron chi connectivity index (χ1n) is 9.29. The molecule has 1 aliphatic rings. The number of rotatable bonds is 7. The number of hydrogen-bond donors (Lipinski definition) is 0. The van der Waals surface area contributed by atoms with Crippen molar-refractivity contribution in [1.82, 2.24) is 0 Å². The summed E-state index contributed by atoms with van der Waals surface area (Å²) >= 11 is 0. The number of nitrogens with zero attached hydrogens (tertiary/aromatic N) is 1. The van der Waals surface area contributed by atoms with Gasteiger partial charge in [-0.3, -0.25) is 4.79 Å². The van der Waals surface area contributed by atoms with Gasteiger partial charge in [0.05, 0.1) is 6.04 Å². The summed E-state index contributed by atoms with van der Waals surface area (Å²) in [5.74, 6) is 0.127. The molecule has 5 heteroatoms. The van der Waals surface area contributed by atoms with Crippen molar-refractivity contribution in [3.63, 3.8) is 0 Å². The van der Waals surface area contributed by atoms with Crippen LogP contribution in [-0.2, 0) is 16.9 Å². The minimum Gasteiger partial charge on any atom is -0.289 e. The molecule has 0 saturated carbocycles. The van der Waals surface area contributed by atoms with Crippen LogP contribution in [0.1, 0.15) is 59.3 Å². The monoisotopic (exact) mass is 381 g/mol. The van der Waals surface area contributed by atoms with Gasteiger partial charge in [0, 0.05) is 5.56 Å². The third-order valence-corrected chi connectivity index (χ3v) is 5.43. The molecule has 3 rings (SSSR count). The summed E-state index contributed by atoms with van der Waals surface area (Å²) in [7, 11) is -2.43. The Bertz CT molecular complexity index is 970. The minimum absolute atomic E-state index is 0.0560. The first-order chi connectivity index (χ1) is 13.1. The van der Waals surface area contributed by atoms with Crippen molar-refractivity contribution in [3.8, 4) is 0 Å². The Kier molecular flexibility index (Phi) is 6.35. The van der Waals surface area contributed by atoms with Gasteiger partial charge in [-0.05, 0) is 47.6 Å². The van der Waals surface area contributed by atoms with Gasteiger partial charge in [0.15, 0.2) is 5.78 Å². The zero-order valence-corrected chi connectivity index (χ0v) is 16.2. The molecule has 0 spiro atoms. The topological polar surface area (TPSA) is 63.6 Å². The van der Waals surface area contributed by atoms with E-state index in [9.17, 15) is 13.2 Å². The molecule has 0 saturated heterocycles. The molecule has 0 aliphatic heterocycles. The molecule has 2 unspecified atom stereocenters. The van der Waals surface area contributed by atoms with Crippen molar-refractivity contribution >= 4 is 22.4 Å². The van der Waals surface area contributed by atoms with Crippen LogP contribution < -0.4 is 0 Å². The van der Waals surface area contributed by atoms with E-state index in [1.165, 1.54) is 0 Å². The molecule has 1 aliphatic carbocycles. The largest absolute Gasteiger partial charge is 0.311 e. The predicted octanol–water partition coefficient (Wildman–Crippen LogP) is 5.05. The summed E-state index contributed by atoms with van der Waals surface area (Å²) in [5, 5.41) is 0. The molecule has 2 atom stereocenters. The van der Waals surface area contributed by atoms with Gasteiger partial charge in [-0.1, -0.05) is 68.3 Å². The number of unbranched alkanes of at least 4 members (excludes halogenated alkanes) is 1. The van der Waals surface area contributed by atoms with Gasteiger partial charge in [-0.15, -0.1) is 0 Å². The smallest absolute Gasteiger partial charge is 0.289 e. The van der Waals surface area contributed by atoms with E-state index in [1.54, 1.807) is 18.2 Å². The maximum atomic E-state index is 12.5. The Morgan fingerprint density at radius 1 is 1.19 bits per heavy atom. The van der Waals surface area contributed by atoms with Crippen molar-refractivity contribution < 1.29 is 13.2 Å². The van der Waals surface area contributed by atoms with Crippen LogP contribution in [0.4, 0.5) is 0 Å². The Labute approximate surface area is 161 Å². The number of carbonyl (C=O) groups excluding carboxylic acids is 1. The molecule has 0 amide bonds. The van der Waals surface area contributed by atoms with Crippen molar-refractivity contribution in [2.24, 2.45) is 10.3 Å². The summed E-state index contributed by atoms with van der Waals surface area (Å²) in [6.45, 7) is 2.12. The average molecular weight is 381 g/mol. The second-order valence-electron chi connectivity index (χ2n) is 6.90. The van der Waals surface area contributed by atoms with Crippen LogP contribution in [-0.4, -0.2) is 14.2 Å². The quantitative estimate of drug-likeness (QED) is 0.498. The standard InChI is InChI=1S/C22H23NO3S/c1-2-3-9-18-15-19-14-17(11-12-20(19)22(18)23-27(25)26)21(24)13-10-16-7-5-4-6-8-16/h4-8,10-14,18,22H,2-3,9,15H2,1H3. The van der Waals surface area contributed by atoms with Crippen LogP contribution in [0.25, 0.3) is 6.08 Å². The number of benzene rings is 2. The molecule has 140 valence electrons. The second-order valence-corrected chi connectivity index (χ2v) is 7.54. The first kappa shape index (κ1) is 19.2. The Hall–Kier alpha value is -2.53. The van der Waals surface area contributed by atoms with Gasteiger partial charge in [-0.2, -0.15) is 12.8 Å². The fraction of sp³-hybridized carbons (Fsp3) is 0.318. The third kappa shape index (κ3) is 4.80. The molecule has 27 heavy (non-hydrogen) atoms. The average Bonchev–Trinajstić information content (AvgIpc) is 3.01. The highest BCUT2D eigenvalue weighted by molar-refractivity contribution is 7.61. The number of carbonyl (C=O) groups is 1. The van der Waals surface area contributed by atoms with E-state index >= 15 is 0 Å². The van der Waals surface area contributed by atoms with E-state index in [-0.39, 0.29) is 17.7 Å². The Morgan fingerprint density at radius 3 is 2.67 bits per heavy atom. The molecule has 4 nitrogen and oxygen atoms in total. The molecule has 0 aromatic heterocycles. The molecule has 2 aromatic carbocycles. The first-order valence-corrected chi connectivity index (χ1v) is 10.3. The summed E-state index contributed by atoms with van der Waals surface area (Å²) in [6.07, 6.45) is 7.20. The highest BCUT2D eigenvalue weighted by Crippen LogP contribution is 2.41. The predicted molar refractivity (Wildman–Crippen MR) is 107 cm³/mol. The van der Waals surface area contributed by atoms with Gasteiger partial charge < -0.3 is 0 Å². The van der Waals surface area contributed by atoms with Gasteiger partial charge >= 0.3 is 10.5 Å². The zero-order chi connectivity index (χ0) is 19.2. The van der Waals surface area contributed by atoms with Crippen molar-refractivity contribution in [3.05, 3.63) is 76.9 Å². The second kappa shape index (κ2) is 8.91. The lowest BCUT2D eigenvalue weighted by molar-refractivity contribution is 0.104. The van der Waals surface area contributed by atoms with Crippen LogP contribution in [0.2, 0.25) is 0 Å². The highest BCUT2D eigenvalue weighted by Gasteiger charge is 2.32. The molecule has 0 bridgehead atoms. The lowest BCUT2D eigenvalue weighted by Gasteiger charge is -2.13. The van der Waals surface area contributed by atoms with Crippen molar-refractivity contribution in [1.29, 1.82) is 0 Å². The van der Waals surface area contributed by atoms with Gasteiger partial charge in [0.2, 0.25) is 0 Å². The molecular formula is C22H23NO3S. The molecule has 0 heterocycles. The van der Waals surface area contributed by atoms with Gasteiger partial charge in [-0.25, -0.2) is 0 Å². The lowest BCUT2D eigenvalue weighted by Crippen LogP contribution is -2.05. The molecule has 0 N–H and O–H groups in total. The Morgan fingerprint density at radius 2 is 1.96 bits per heavy atom. The van der Waals surface area contributed by atoms with E-state index in [0.29, 0.717) is 5.56 Å². The molecular weight excluding hydrogens is 358 g/mol. The maximum Gasteiger partial charge on any atom is 0.311 e. The van der Waals surface area contributed by atoms with Crippen LogP contribution in [0.15, 0.2) is 59.0 Å². The fourth-order valence-electron chi connectivity index (χ4n) is 3.67. The number of allylic oxidation sites excluding steroid dienone is 1. The maximum absolute atomic E-state index is 12.5. The van der Waals surface area contributed by atoms with E-state index in [1.807, 2.05) is 42.5 Å². The normalized spacial score (nSPS) is 18.4. The van der Waals surface area contributed by atoms with E-state index in [0.717, 1.165) is 42.4 Å². The van der Waals surface area contributed by atoms with Gasteiger partial charge in [0.25, 0.3) is 0 Å². The van der Waals surface area contributed by atoms with Crippen LogP contribution in [0.5, 0.6) is 0 Å². The molecule has 2 aromatic rings. The number of fused-ring (bicyclic) bond motifs is 1. The summed E-state index contributed by atoms with van der Waals surface area (Å²) in [5.41, 5.74) is 3.57. The minimum atomic E-state index is -2.43. The van der Waals surface area contributed by atoms with Crippen LogP contribution >= 0.6 is 0 Å². The van der Waals surface area contributed by atoms with E-state index in [2.05, 4.69) is 11.3 Å². The van der Waals surface area contributed by atoms with Gasteiger partial charge in [0.1, 0.15) is 0 Å². The third-order valence-electron chi connectivity index (χ3n) is 5.03. The summed E-state index contributed by atoms with van der Waals surface area (Å²) in [4.78, 5) is 12.5. The van der Waals surface area contributed by atoms with E-state index < -0.39 is 10.5 Å². The van der Waals surface area contributed by atoms with Crippen molar-refractivity contribution in [2.45, 2.75) is 38.6 Å². The Balaban J connectivity index is 1.83. The van der Waals surface area contributed by atoms with E-state index in [4.69, 9.17) is 0 Å². The molecule has 0 fully saturated rings. The number of hydrogen-bond acceptors (Lipinski definition) is 4. The zero-order valence-electron chi connectivity index (χ0n) is 15.3. The van der Waals surface area contributed by atoms with Crippen LogP contribution in [0.3, 0.4) is 0 Å². The molecule has 0 radical (unpaired) electrons. The number of ketones is 1. The lowest BCUT2D eigenvalue weighted by atomic mass is 9.95. The summed E-state index contributed by atoms with van der Waals surface area (Å²) in [6, 6.07) is 14.9. The highest BCUT2D eigenvalue weighted by atomic mass is 32.2. The van der Waals surface area contributed by atoms with Crippen molar-refractivity contribution in [2.75, 3.05) is 0 Å². The summed E-state index contributed by atoms with van der Waals surface area (Å²) < 4.78 is 26.2. The fourth-order valence-corrected chi connectivity index (χ4v) is 4.14. The SMILES string of the molecule is CCCCC1Cc2cc(C(=O)C=Cc3ccccc3)ccc2C1N=S(=O)=O. The van der Waals surface area contributed by atoms with Crippen LogP contribution in [0, 0.1) is 5.92 Å².